The topological polar surface area (TPSA) is 56.8 Å². The fourth-order valence-corrected chi connectivity index (χ4v) is 3.24. The second-order valence-corrected chi connectivity index (χ2v) is 6.50. The van der Waals surface area contributed by atoms with Gasteiger partial charge in [0.05, 0.1) is 6.10 Å². The molecule has 0 aromatic heterocycles. The molecule has 0 aliphatic carbocycles. The van der Waals surface area contributed by atoms with Crippen molar-refractivity contribution in [2.75, 3.05) is 12.1 Å². The third kappa shape index (κ3) is 3.02. The summed E-state index contributed by atoms with van der Waals surface area (Å²) >= 11 is 0. The Hall–Kier alpha value is -2.69. The Morgan fingerprint density at radius 3 is 2.64 bits per heavy atom. The number of anilines is 1. The van der Waals surface area contributed by atoms with Gasteiger partial charge in [-0.2, -0.15) is 0 Å². The molecule has 2 atom stereocenters. The highest BCUT2D eigenvalue weighted by molar-refractivity contribution is 5.96. The molecule has 2 heterocycles. The van der Waals surface area contributed by atoms with Crippen molar-refractivity contribution in [1.29, 1.82) is 0 Å². The number of carbonyl (C=O) groups is 1. The van der Waals surface area contributed by atoms with Crippen LogP contribution in [0.3, 0.4) is 0 Å². The molecule has 2 aromatic carbocycles. The van der Waals surface area contributed by atoms with Gasteiger partial charge in [-0.3, -0.25) is 4.79 Å². The second kappa shape index (κ2) is 6.31. The first kappa shape index (κ1) is 15.8. The highest BCUT2D eigenvalue weighted by atomic mass is 16.7. The van der Waals surface area contributed by atoms with Gasteiger partial charge in [-0.1, -0.05) is 19.1 Å². The monoisotopic (exact) mass is 339 g/mol. The molecule has 25 heavy (non-hydrogen) atoms. The predicted molar refractivity (Wildman–Crippen MR) is 94.5 cm³/mol. The zero-order valence-electron chi connectivity index (χ0n) is 14.4. The maximum atomic E-state index is 12.2. The van der Waals surface area contributed by atoms with Crippen LogP contribution in [-0.2, 0) is 4.79 Å². The Morgan fingerprint density at radius 1 is 1.20 bits per heavy atom. The van der Waals surface area contributed by atoms with Gasteiger partial charge in [-0.05, 0) is 42.7 Å². The minimum atomic E-state index is -0.00380. The lowest BCUT2D eigenvalue weighted by molar-refractivity contribution is -0.116. The Kier molecular flexibility index (Phi) is 3.99. The minimum Gasteiger partial charge on any atom is -0.491 e. The molecule has 0 fully saturated rings. The van der Waals surface area contributed by atoms with Crippen LogP contribution in [-0.4, -0.2) is 18.8 Å². The van der Waals surface area contributed by atoms with Gasteiger partial charge in [0.25, 0.3) is 0 Å². The van der Waals surface area contributed by atoms with Crippen molar-refractivity contribution in [2.24, 2.45) is 0 Å². The van der Waals surface area contributed by atoms with Crippen molar-refractivity contribution in [3.05, 3.63) is 47.5 Å². The van der Waals surface area contributed by atoms with Crippen LogP contribution in [0.1, 0.15) is 43.7 Å². The molecule has 0 radical (unpaired) electrons. The van der Waals surface area contributed by atoms with Gasteiger partial charge in [-0.15, -0.1) is 0 Å². The summed E-state index contributed by atoms with van der Waals surface area (Å²) in [5, 5.41) is 2.94. The lowest BCUT2D eigenvalue weighted by atomic mass is 9.84. The summed E-state index contributed by atoms with van der Waals surface area (Å²) in [6.45, 7) is 4.37. The Labute approximate surface area is 146 Å². The van der Waals surface area contributed by atoms with E-state index in [1.165, 1.54) is 0 Å². The van der Waals surface area contributed by atoms with E-state index >= 15 is 0 Å². The number of rotatable bonds is 4. The number of fused-ring (bicyclic) bond motifs is 2. The quantitative estimate of drug-likeness (QED) is 0.912. The van der Waals surface area contributed by atoms with Crippen LogP contribution in [0.4, 0.5) is 5.69 Å². The third-order valence-electron chi connectivity index (χ3n) is 4.78. The van der Waals surface area contributed by atoms with Gasteiger partial charge >= 0.3 is 0 Å². The van der Waals surface area contributed by atoms with Crippen LogP contribution < -0.4 is 19.5 Å². The molecule has 4 rings (SSSR count). The van der Waals surface area contributed by atoms with Crippen molar-refractivity contribution in [3.8, 4) is 17.2 Å². The average molecular weight is 339 g/mol. The van der Waals surface area contributed by atoms with Gasteiger partial charge < -0.3 is 19.5 Å². The fraction of sp³-hybridized carbons (Fsp3) is 0.350. The maximum absolute atomic E-state index is 12.2. The number of carbonyl (C=O) groups excluding carboxylic acids is 1. The molecule has 0 spiro atoms. The molecule has 5 nitrogen and oxygen atoms in total. The van der Waals surface area contributed by atoms with Gasteiger partial charge in [-0.25, -0.2) is 0 Å². The summed E-state index contributed by atoms with van der Waals surface area (Å²) in [6.07, 6.45) is 1.57. The molecule has 2 aliphatic rings. The zero-order chi connectivity index (χ0) is 17.4. The fourth-order valence-electron chi connectivity index (χ4n) is 3.24. The number of nitrogens with one attached hydrogen (secondary N) is 1. The zero-order valence-corrected chi connectivity index (χ0v) is 14.4. The van der Waals surface area contributed by atoms with Gasteiger partial charge in [0, 0.05) is 24.1 Å². The largest absolute Gasteiger partial charge is 0.491 e. The lowest BCUT2D eigenvalue weighted by Crippen LogP contribution is -2.23. The van der Waals surface area contributed by atoms with E-state index in [4.69, 9.17) is 14.2 Å². The molecule has 2 aliphatic heterocycles. The van der Waals surface area contributed by atoms with E-state index in [0.29, 0.717) is 12.2 Å². The molecule has 0 unspecified atom stereocenters. The normalized spacial score (nSPS) is 19.1. The minimum absolute atomic E-state index is 0.00380. The summed E-state index contributed by atoms with van der Waals surface area (Å²) in [5.74, 6) is 2.27. The number of amides is 1. The van der Waals surface area contributed by atoms with Crippen LogP contribution in [0, 0.1) is 0 Å². The van der Waals surface area contributed by atoms with E-state index in [0.717, 1.165) is 34.7 Å². The van der Waals surface area contributed by atoms with Crippen LogP contribution in [0.2, 0.25) is 0 Å². The molecule has 1 amide bonds. The standard InChI is InChI=1S/C20H21NO4/c1-3-12(2)25-14-6-4-13(5-7-14)15-9-20(22)21-17-10-19-18(8-16(15)17)23-11-24-19/h4-8,10,12,15H,3,9,11H2,1-2H3,(H,21,22)/t12-,15+/m1/s1. The second-order valence-electron chi connectivity index (χ2n) is 6.50. The van der Waals surface area contributed by atoms with Gasteiger partial charge in [0.15, 0.2) is 11.5 Å². The molecule has 130 valence electrons. The summed E-state index contributed by atoms with van der Waals surface area (Å²) < 4.78 is 16.8. The number of hydrogen-bond acceptors (Lipinski definition) is 4. The van der Waals surface area contributed by atoms with Crippen LogP contribution >= 0.6 is 0 Å². The molecule has 0 saturated carbocycles. The Balaban J connectivity index is 1.66. The number of hydrogen-bond donors (Lipinski definition) is 1. The predicted octanol–water partition coefficient (Wildman–Crippen LogP) is 4.07. The molecule has 1 N–H and O–H groups in total. The van der Waals surface area contributed by atoms with Crippen LogP contribution in [0.5, 0.6) is 17.2 Å². The highest BCUT2D eigenvalue weighted by Crippen LogP contribution is 2.44. The summed E-state index contributed by atoms with van der Waals surface area (Å²) in [4.78, 5) is 12.2. The summed E-state index contributed by atoms with van der Waals surface area (Å²) in [6, 6.07) is 11.8. The van der Waals surface area contributed by atoms with E-state index in [-0.39, 0.29) is 24.7 Å². The summed E-state index contributed by atoms with van der Waals surface area (Å²) in [5.41, 5.74) is 2.94. The van der Waals surface area contributed by atoms with Crippen LogP contribution in [0.25, 0.3) is 0 Å². The van der Waals surface area contributed by atoms with Crippen molar-refractivity contribution < 1.29 is 19.0 Å². The molecule has 0 bridgehead atoms. The lowest BCUT2D eigenvalue weighted by Gasteiger charge is -2.26. The van der Waals surface area contributed by atoms with Gasteiger partial charge in [0.2, 0.25) is 12.7 Å². The average Bonchev–Trinajstić information content (AvgIpc) is 3.07. The van der Waals surface area contributed by atoms with Crippen LogP contribution in [0.15, 0.2) is 36.4 Å². The van der Waals surface area contributed by atoms with Crippen molar-refractivity contribution in [3.63, 3.8) is 0 Å². The van der Waals surface area contributed by atoms with E-state index in [1.54, 1.807) is 0 Å². The maximum Gasteiger partial charge on any atom is 0.231 e. The number of ether oxygens (including phenoxy) is 3. The van der Waals surface area contributed by atoms with Crippen molar-refractivity contribution >= 4 is 11.6 Å². The molecular weight excluding hydrogens is 318 g/mol. The van der Waals surface area contributed by atoms with E-state index in [9.17, 15) is 4.79 Å². The molecule has 5 heteroatoms. The van der Waals surface area contributed by atoms with Crippen molar-refractivity contribution in [1.82, 2.24) is 0 Å². The van der Waals surface area contributed by atoms with Crippen molar-refractivity contribution in [2.45, 2.75) is 38.7 Å². The SMILES string of the molecule is CC[C@@H](C)Oc1ccc([C@@H]2CC(=O)Nc3cc4c(cc32)OCO4)cc1. The van der Waals surface area contributed by atoms with E-state index in [1.807, 2.05) is 36.4 Å². The van der Waals surface area contributed by atoms with E-state index < -0.39 is 0 Å². The van der Waals surface area contributed by atoms with E-state index in [2.05, 4.69) is 19.2 Å². The molecule has 2 aromatic rings. The highest BCUT2D eigenvalue weighted by Gasteiger charge is 2.29. The first-order valence-electron chi connectivity index (χ1n) is 8.64. The summed E-state index contributed by atoms with van der Waals surface area (Å²) in [7, 11) is 0. The Morgan fingerprint density at radius 2 is 1.92 bits per heavy atom. The first-order chi connectivity index (χ1) is 12.1. The molecule has 0 saturated heterocycles. The van der Waals surface area contributed by atoms with Gasteiger partial charge in [0.1, 0.15) is 5.75 Å². The Bertz CT molecular complexity index is 800. The first-order valence-corrected chi connectivity index (χ1v) is 8.64. The molecular formula is C20H21NO4. The number of benzene rings is 2. The smallest absolute Gasteiger partial charge is 0.231 e. The third-order valence-corrected chi connectivity index (χ3v) is 4.78.